The maximum absolute atomic E-state index is 13.9. The summed E-state index contributed by atoms with van der Waals surface area (Å²) in [7, 11) is 1.43. The first-order chi connectivity index (χ1) is 9.92. The molecule has 2 aromatic carbocycles. The topological polar surface area (TPSA) is 58.6 Å². The van der Waals surface area contributed by atoms with Crippen LogP contribution in [0.1, 0.15) is 10.4 Å². The summed E-state index contributed by atoms with van der Waals surface area (Å²) in [5, 5.41) is 11.3. The van der Waals surface area contributed by atoms with Gasteiger partial charge in [-0.15, -0.1) is 0 Å². The first kappa shape index (κ1) is 15.2. The van der Waals surface area contributed by atoms with E-state index in [-0.39, 0.29) is 0 Å². The van der Waals surface area contributed by atoms with Gasteiger partial charge in [-0.05, 0) is 30.3 Å². The number of methoxy groups -OCH3 is 1. The molecule has 0 aromatic heterocycles. The quantitative estimate of drug-likeness (QED) is 0.861. The minimum Gasteiger partial charge on any atom is -0.495 e. The molecule has 0 bridgehead atoms. The Morgan fingerprint density at radius 2 is 1.86 bits per heavy atom. The molecule has 2 N–H and O–H groups in total. The average Bonchev–Trinajstić information content (AvgIpc) is 2.42. The predicted octanol–water partition coefficient (Wildman–Crippen LogP) is 4.18. The van der Waals surface area contributed by atoms with Crippen LogP contribution < -0.4 is 10.1 Å². The van der Waals surface area contributed by atoms with Gasteiger partial charge in [0.2, 0.25) is 0 Å². The summed E-state index contributed by atoms with van der Waals surface area (Å²) in [6.07, 6.45) is 0. The van der Waals surface area contributed by atoms with Crippen LogP contribution in [0.5, 0.6) is 5.75 Å². The Kier molecular flexibility index (Phi) is 4.42. The Labute approximate surface area is 127 Å². The average molecular weight is 358 g/mol. The number of benzene rings is 2. The number of carboxylic acid groups (broad SMARTS) is 1. The lowest BCUT2D eigenvalue weighted by Crippen LogP contribution is -2.04. The Bertz CT molecular complexity index is 684. The number of ether oxygens (including phenoxy) is 1. The van der Waals surface area contributed by atoms with E-state index in [4.69, 9.17) is 9.84 Å². The SMILES string of the molecule is COc1ccc(Br)cc1Nc1c(F)cc(C(=O)O)cc1F. The van der Waals surface area contributed by atoms with Crippen molar-refractivity contribution in [3.63, 3.8) is 0 Å². The Hall–Kier alpha value is -2.15. The van der Waals surface area contributed by atoms with E-state index < -0.39 is 28.9 Å². The fraction of sp³-hybridized carbons (Fsp3) is 0.0714. The summed E-state index contributed by atoms with van der Waals surface area (Å²) in [5.41, 5.74) is -0.569. The molecule has 0 amide bonds. The van der Waals surface area contributed by atoms with Gasteiger partial charge in [-0.3, -0.25) is 0 Å². The van der Waals surface area contributed by atoms with Crippen molar-refractivity contribution in [2.45, 2.75) is 0 Å². The van der Waals surface area contributed by atoms with Crippen molar-refractivity contribution < 1.29 is 23.4 Å². The molecule has 0 aliphatic heterocycles. The fourth-order valence-corrected chi connectivity index (χ4v) is 2.09. The van der Waals surface area contributed by atoms with Crippen LogP contribution in [-0.2, 0) is 0 Å². The summed E-state index contributed by atoms with van der Waals surface area (Å²) >= 11 is 3.25. The second kappa shape index (κ2) is 6.09. The number of rotatable bonds is 4. The number of halogens is 3. The first-order valence-electron chi connectivity index (χ1n) is 5.75. The van der Waals surface area contributed by atoms with E-state index in [9.17, 15) is 13.6 Å². The number of aromatic carboxylic acids is 1. The van der Waals surface area contributed by atoms with E-state index in [2.05, 4.69) is 21.2 Å². The highest BCUT2D eigenvalue weighted by atomic mass is 79.9. The number of hydrogen-bond donors (Lipinski definition) is 2. The minimum atomic E-state index is -1.40. The lowest BCUT2D eigenvalue weighted by atomic mass is 10.1. The lowest BCUT2D eigenvalue weighted by Gasteiger charge is -2.13. The molecule has 110 valence electrons. The normalized spacial score (nSPS) is 10.3. The number of carbonyl (C=O) groups is 1. The Morgan fingerprint density at radius 3 is 2.38 bits per heavy atom. The van der Waals surface area contributed by atoms with Gasteiger partial charge in [0.15, 0.2) is 11.6 Å². The van der Waals surface area contributed by atoms with Crippen LogP contribution in [0.25, 0.3) is 0 Å². The van der Waals surface area contributed by atoms with Crippen LogP contribution in [0.3, 0.4) is 0 Å². The van der Waals surface area contributed by atoms with Gasteiger partial charge in [0.05, 0.1) is 18.4 Å². The maximum atomic E-state index is 13.9. The van der Waals surface area contributed by atoms with Crippen LogP contribution in [0.4, 0.5) is 20.2 Å². The number of carboxylic acids is 1. The molecule has 0 spiro atoms. The van der Waals surface area contributed by atoms with E-state index in [0.717, 1.165) is 12.1 Å². The summed E-state index contributed by atoms with van der Waals surface area (Å²) in [5.74, 6) is -3.03. The highest BCUT2D eigenvalue weighted by Gasteiger charge is 2.16. The minimum absolute atomic E-state index is 0.341. The van der Waals surface area contributed by atoms with Gasteiger partial charge < -0.3 is 15.2 Å². The summed E-state index contributed by atoms with van der Waals surface area (Å²) < 4.78 is 33.5. The van der Waals surface area contributed by atoms with Crippen molar-refractivity contribution in [1.29, 1.82) is 0 Å². The molecule has 2 aromatic rings. The largest absolute Gasteiger partial charge is 0.495 e. The summed E-state index contributed by atoms with van der Waals surface area (Å²) in [6.45, 7) is 0. The lowest BCUT2D eigenvalue weighted by molar-refractivity contribution is 0.0696. The van der Waals surface area contributed by atoms with Crippen LogP contribution in [0.2, 0.25) is 0 Å². The Balaban J connectivity index is 2.45. The zero-order valence-electron chi connectivity index (χ0n) is 10.8. The molecule has 2 rings (SSSR count). The van der Waals surface area contributed by atoms with Crippen LogP contribution in [0.15, 0.2) is 34.8 Å². The number of nitrogens with one attached hydrogen (secondary N) is 1. The van der Waals surface area contributed by atoms with Gasteiger partial charge in [-0.1, -0.05) is 15.9 Å². The standard InChI is InChI=1S/C14H10BrF2NO3/c1-21-12-3-2-8(15)6-11(12)18-13-9(16)4-7(14(19)20)5-10(13)17/h2-6,18H,1H3,(H,19,20). The zero-order valence-corrected chi connectivity index (χ0v) is 12.4. The third-order valence-electron chi connectivity index (χ3n) is 2.71. The Morgan fingerprint density at radius 1 is 1.24 bits per heavy atom. The molecule has 21 heavy (non-hydrogen) atoms. The zero-order chi connectivity index (χ0) is 15.6. The van der Waals surface area contributed by atoms with Gasteiger partial charge >= 0.3 is 5.97 Å². The van der Waals surface area contributed by atoms with Crippen molar-refractivity contribution >= 4 is 33.3 Å². The third kappa shape index (κ3) is 3.30. The second-order valence-corrected chi connectivity index (χ2v) is 5.01. The smallest absolute Gasteiger partial charge is 0.335 e. The van der Waals surface area contributed by atoms with Crippen LogP contribution in [-0.4, -0.2) is 18.2 Å². The molecule has 0 unspecified atom stereocenters. The van der Waals surface area contributed by atoms with Crippen molar-refractivity contribution in [3.05, 3.63) is 52.0 Å². The molecular weight excluding hydrogens is 348 g/mol. The number of anilines is 2. The summed E-state index contributed by atoms with van der Waals surface area (Å²) in [4.78, 5) is 10.7. The second-order valence-electron chi connectivity index (χ2n) is 4.09. The van der Waals surface area contributed by atoms with Gasteiger partial charge in [0, 0.05) is 4.47 Å². The van der Waals surface area contributed by atoms with E-state index in [0.29, 0.717) is 15.9 Å². The molecule has 0 atom stereocenters. The maximum Gasteiger partial charge on any atom is 0.335 e. The van der Waals surface area contributed by atoms with Crippen LogP contribution >= 0.6 is 15.9 Å². The molecular formula is C14H10BrF2NO3. The number of hydrogen-bond acceptors (Lipinski definition) is 3. The molecule has 4 nitrogen and oxygen atoms in total. The van der Waals surface area contributed by atoms with Crippen LogP contribution in [0, 0.1) is 11.6 Å². The molecule has 0 aliphatic carbocycles. The third-order valence-corrected chi connectivity index (χ3v) is 3.20. The predicted molar refractivity (Wildman–Crippen MR) is 77.3 cm³/mol. The van der Waals surface area contributed by atoms with E-state index in [1.54, 1.807) is 18.2 Å². The molecule has 7 heteroatoms. The molecule has 0 radical (unpaired) electrons. The van der Waals surface area contributed by atoms with E-state index >= 15 is 0 Å². The molecule has 0 aliphatic rings. The van der Waals surface area contributed by atoms with Crippen molar-refractivity contribution in [2.75, 3.05) is 12.4 Å². The van der Waals surface area contributed by atoms with Crippen molar-refractivity contribution in [1.82, 2.24) is 0 Å². The van der Waals surface area contributed by atoms with Crippen molar-refractivity contribution in [2.24, 2.45) is 0 Å². The monoisotopic (exact) mass is 357 g/mol. The highest BCUT2D eigenvalue weighted by Crippen LogP contribution is 2.33. The van der Waals surface area contributed by atoms with E-state index in [1.165, 1.54) is 7.11 Å². The van der Waals surface area contributed by atoms with Gasteiger partial charge in [0.25, 0.3) is 0 Å². The first-order valence-corrected chi connectivity index (χ1v) is 6.54. The summed E-state index contributed by atoms with van der Waals surface area (Å²) in [6, 6.07) is 6.41. The molecule has 0 saturated carbocycles. The molecule has 0 heterocycles. The fourth-order valence-electron chi connectivity index (χ4n) is 1.73. The molecule has 0 fully saturated rings. The van der Waals surface area contributed by atoms with Gasteiger partial charge in [-0.2, -0.15) is 0 Å². The highest BCUT2D eigenvalue weighted by molar-refractivity contribution is 9.10. The van der Waals surface area contributed by atoms with E-state index in [1.807, 2.05) is 0 Å². The van der Waals surface area contributed by atoms with Crippen molar-refractivity contribution in [3.8, 4) is 5.75 Å². The van der Waals surface area contributed by atoms with Gasteiger partial charge in [-0.25, -0.2) is 13.6 Å². The van der Waals surface area contributed by atoms with Gasteiger partial charge in [0.1, 0.15) is 11.4 Å². The molecule has 0 saturated heterocycles.